The molecule has 1 aromatic heterocycles. The van der Waals surface area contributed by atoms with Crippen molar-refractivity contribution in [2.75, 3.05) is 13.1 Å². The van der Waals surface area contributed by atoms with Crippen LogP contribution in [0.25, 0.3) is 6.08 Å². The van der Waals surface area contributed by atoms with E-state index in [-0.39, 0.29) is 11.7 Å². The molecule has 1 amide bonds. The van der Waals surface area contributed by atoms with E-state index in [0.717, 1.165) is 41.9 Å². The largest absolute Gasteiger partial charge is 0.337 e. The molecule has 0 spiro atoms. The molecule has 2 aliphatic rings. The van der Waals surface area contributed by atoms with E-state index >= 15 is 0 Å². The number of allylic oxidation sites excluding steroid dienone is 1. The first-order valence-electron chi connectivity index (χ1n) is 9.55. The quantitative estimate of drug-likeness (QED) is 0.756. The highest BCUT2D eigenvalue weighted by atomic mass is 19.1. The number of fused-ring (bicyclic) bond motifs is 1. The number of nitrogens with one attached hydrogen (secondary N) is 1. The highest BCUT2D eigenvalue weighted by Gasteiger charge is 2.38. The Morgan fingerprint density at radius 3 is 2.57 bits per heavy atom. The van der Waals surface area contributed by atoms with Gasteiger partial charge >= 0.3 is 0 Å². The summed E-state index contributed by atoms with van der Waals surface area (Å²) in [6.45, 7) is 1.59. The third-order valence-electron chi connectivity index (χ3n) is 5.85. The van der Waals surface area contributed by atoms with Crippen LogP contribution in [0, 0.1) is 5.82 Å². The van der Waals surface area contributed by atoms with Gasteiger partial charge in [0.2, 0.25) is 0 Å². The van der Waals surface area contributed by atoms with E-state index in [2.05, 4.69) is 28.4 Å². The Hall–Kier alpha value is -3.21. The molecule has 0 saturated carbocycles. The molecule has 1 N–H and O–H groups in total. The highest BCUT2D eigenvalue weighted by molar-refractivity contribution is 5.97. The minimum Gasteiger partial charge on any atom is -0.337 e. The summed E-state index contributed by atoms with van der Waals surface area (Å²) in [4.78, 5) is 14.5. The van der Waals surface area contributed by atoms with Crippen molar-refractivity contribution in [2.24, 2.45) is 0 Å². The Morgan fingerprint density at radius 2 is 1.86 bits per heavy atom. The number of aromatic nitrogens is 2. The number of likely N-dealkylation sites (tertiary alicyclic amines) is 1. The Bertz CT molecular complexity index is 1070. The molecule has 140 valence electrons. The van der Waals surface area contributed by atoms with E-state index in [1.807, 2.05) is 35.2 Å². The van der Waals surface area contributed by atoms with Gasteiger partial charge in [0.05, 0.1) is 0 Å². The van der Waals surface area contributed by atoms with E-state index in [4.69, 9.17) is 0 Å². The van der Waals surface area contributed by atoms with Crippen molar-refractivity contribution in [3.63, 3.8) is 0 Å². The first kappa shape index (κ1) is 16.9. The number of halogens is 1. The average Bonchev–Trinajstić information content (AvgIpc) is 3.10. The molecule has 1 aliphatic carbocycles. The number of nitrogens with zero attached hydrogens (tertiary/aromatic N) is 2. The summed E-state index contributed by atoms with van der Waals surface area (Å²) in [5.41, 5.74) is 3.67. The standard InChI is InChI=1S/C23H20FN3O/c24-18-9-4-8-17(14-18)23(16-6-2-1-3-7-16)11-10-19-20(15-23)25-26-21(19)22(28)27-12-5-13-27/h1-4,6-11,14H,5,12-13,15H2,(H,25,26). The number of benzene rings is 2. The van der Waals surface area contributed by atoms with Gasteiger partial charge < -0.3 is 4.90 Å². The molecular weight excluding hydrogens is 353 g/mol. The normalized spacial score (nSPS) is 20.5. The van der Waals surface area contributed by atoms with Crippen molar-refractivity contribution in [3.8, 4) is 0 Å². The molecule has 28 heavy (non-hydrogen) atoms. The first-order chi connectivity index (χ1) is 13.7. The Labute approximate surface area is 162 Å². The van der Waals surface area contributed by atoms with Crippen LogP contribution in [0.5, 0.6) is 0 Å². The summed E-state index contributed by atoms with van der Waals surface area (Å²) < 4.78 is 14.1. The summed E-state index contributed by atoms with van der Waals surface area (Å²) in [5.74, 6) is -0.281. The number of rotatable bonds is 3. The third kappa shape index (κ3) is 2.58. The SMILES string of the molecule is O=C(c1n[nH]c2c1C=CC(c1ccccc1)(c1cccc(F)c1)C2)N1CCC1. The maximum Gasteiger partial charge on any atom is 0.274 e. The fourth-order valence-corrected chi connectivity index (χ4v) is 4.16. The third-order valence-corrected chi connectivity index (χ3v) is 5.85. The van der Waals surface area contributed by atoms with E-state index in [1.165, 1.54) is 6.07 Å². The number of hydrogen-bond donors (Lipinski definition) is 1. The van der Waals surface area contributed by atoms with Gasteiger partial charge in [-0.25, -0.2) is 4.39 Å². The molecule has 1 atom stereocenters. The van der Waals surface area contributed by atoms with Crippen LogP contribution in [0.1, 0.15) is 39.3 Å². The van der Waals surface area contributed by atoms with Crippen molar-refractivity contribution >= 4 is 12.0 Å². The summed E-state index contributed by atoms with van der Waals surface area (Å²) in [7, 11) is 0. The van der Waals surface area contributed by atoms with Gasteiger partial charge in [0.1, 0.15) is 5.82 Å². The van der Waals surface area contributed by atoms with Gasteiger partial charge in [0, 0.05) is 36.2 Å². The average molecular weight is 373 g/mol. The molecule has 5 heteroatoms. The van der Waals surface area contributed by atoms with Crippen LogP contribution in [0.4, 0.5) is 4.39 Å². The van der Waals surface area contributed by atoms with Crippen molar-refractivity contribution in [3.05, 3.63) is 94.6 Å². The minimum atomic E-state index is -0.514. The Morgan fingerprint density at radius 1 is 1.07 bits per heavy atom. The van der Waals surface area contributed by atoms with Gasteiger partial charge in [-0.1, -0.05) is 54.6 Å². The van der Waals surface area contributed by atoms with Gasteiger partial charge in [-0.15, -0.1) is 0 Å². The summed E-state index contributed by atoms with van der Waals surface area (Å²) in [5, 5.41) is 7.41. The predicted molar refractivity (Wildman–Crippen MR) is 105 cm³/mol. The maximum atomic E-state index is 14.1. The van der Waals surface area contributed by atoms with Gasteiger partial charge in [-0.05, 0) is 29.7 Å². The second-order valence-electron chi connectivity index (χ2n) is 7.47. The second kappa shape index (κ2) is 6.44. The van der Waals surface area contributed by atoms with Gasteiger partial charge in [0.25, 0.3) is 5.91 Å². The summed E-state index contributed by atoms with van der Waals surface area (Å²) in [6, 6.07) is 16.8. The van der Waals surface area contributed by atoms with Crippen LogP contribution in [-0.4, -0.2) is 34.1 Å². The van der Waals surface area contributed by atoms with Gasteiger partial charge in [0.15, 0.2) is 5.69 Å². The fourth-order valence-electron chi connectivity index (χ4n) is 4.16. The fraction of sp³-hybridized carbons (Fsp3) is 0.217. The summed E-state index contributed by atoms with van der Waals surface area (Å²) in [6.07, 6.45) is 5.69. The van der Waals surface area contributed by atoms with Crippen LogP contribution in [-0.2, 0) is 11.8 Å². The number of aromatic amines is 1. The molecule has 3 aromatic rings. The Kier molecular flexibility index (Phi) is 3.90. The molecular formula is C23H20FN3O. The van der Waals surface area contributed by atoms with Crippen molar-refractivity contribution < 1.29 is 9.18 Å². The number of carbonyl (C=O) groups is 1. The van der Waals surface area contributed by atoms with Crippen molar-refractivity contribution in [2.45, 2.75) is 18.3 Å². The number of H-pyrrole nitrogens is 1. The van der Waals surface area contributed by atoms with Gasteiger partial charge in [-0.2, -0.15) is 5.10 Å². The van der Waals surface area contributed by atoms with E-state index in [1.54, 1.807) is 12.1 Å². The van der Waals surface area contributed by atoms with Gasteiger partial charge in [-0.3, -0.25) is 9.89 Å². The van der Waals surface area contributed by atoms with Crippen LogP contribution < -0.4 is 0 Å². The molecule has 0 radical (unpaired) electrons. The lowest BCUT2D eigenvalue weighted by molar-refractivity contribution is 0.0645. The minimum absolute atomic E-state index is 0.0219. The van der Waals surface area contributed by atoms with Crippen molar-refractivity contribution in [1.29, 1.82) is 0 Å². The van der Waals surface area contributed by atoms with Crippen LogP contribution in [0.2, 0.25) is 0 Å². The van der Waals surface area contributed by atoms with Crippen LogP contribution in [0.15, 0.2) is 60.7 Å². The first-order valence-corrected chi connectivity index (χ1v) is 9.55. The highest BCUT2D eigenvalue weighted by Crippen LogP contribution is 2.42. The molecule has 2 aromatic carbocycles. The molecule has 5 rings (SSSR count). The van der Waals surface area contributed by atoms with Crippen molar-refractivity contribution in [1.82, 2.24) is 15.1 Å². The summed E-state index contributed by atoms with van der Waals surface area (Å²) >= 11 is 0. The lowest BCUT2D eigenvalue weighted by atomic mass is 9.68. The molecule has 1 fully saturated rings. The lowest BCUT2D eigenvalue weighted by Gasteiger charge is -2.35. The molecule has 1 saturated heterocycles. The molecule has 1 aliphatic heterocycles. The van der Waals surface area contributed by atoms with E-state index in [0.29, 0.717) is 12.1 Å². The van der Waals surface area contributed by atoms with Crippen LogP contribution in [0.3, 0.4) is 0 Å². The lowest BCUT2D eigenvalue weighted by Crippen LogP contribution is -2.42. The second-order valence-corrected chi connectivity index (χ2v) is 7.47. The molecule has 2 heterocycles. The number of amides is 1. The van der Waals surface area contributed by atoms with E-state index in [9.17, 15) is 9.18 Å². The topological polar surface area (TPSA) is 49.0 Å². The predicted octanol–water partition coefficient (Wildman–Crippen LogP) is 3.95. The zero-order valence-electron chi connectivity index (χ0n) is 15.4. The number of hydrogen-bond acceptors (Lipinski definition) is 2. The smallest absolute Gasteiger partial charge is 0.274 e. The molecule has 1 unspecified atom stereocenters. The Balaban J connectivity index is 1.61. The van der Waals surface area contributed by atoms with E-state index < -0.39 is 5.41 Å². The van der Waals surface area contributed by atoms with Crippen LogP contribution >= 0.6 is 0 Å². The number of carbonyl (C=O) groups excluding carboxylic acids is 1. The molecule has 4 nitrogen and oxygen atoms in total. The maximum absolute atomic E-state index is 14.1. The molecule has 0 bridgehead atoms. The zero-order chi connectivity index (χ0) is 19.1. The monoisotopic (exact) mass is 373 g/mol. The zero-order valence-corrected chi connectivity index (χ0v) is 15.4.